The lowest BCUT2D eigenvalue weighted by molar-refractivity contribution is -0.136. The van der Waals surface area contributed by atoms with Crippen molar-refractivity contribution in [1.29, 1.82) is 0 Å². The number of aliphatic hydroxyl groups excluding tert-OH is 1. The zero-order chi connectivity index (χ0) is 33.9. The van der Waals surface area contributed by atoms with E-state index in [1.54, 1.807) is 37.4 Å². The molecule has 12 nitrogen and oxygen atoms in total. The third-order valence-electron chi connectivity index (χ3n) is 6.74. The maximum atomic E-state index is 12.5. The number of hydrazone groups is 1. The molecular weight excluding hydrogens is 743 g/mol. The highest BCUT2D eigenvalue weighted by Gasteiger charge is 2.32. The summed E-state index contributed by atoms with van der Waals surface area (Å²) in [5.41, 5.74) is 5.59. The van der Waals surface area contributed by atoms with Gasteiger partial charge in [-0.05, 0) is 96.5 Å². The van der Waals surface area contributed by atoms with E-state index in [-0.39, 0.29) is 12.2 Å². The number of methoxy groups -OCH3 is 1. The van der Waals surface area contributed by atoms with Gasteiger partial charge in [0.2, 0.25) is 0 Å². The van der Waals surface area contributed by atoms with E-state index in [4.69, 9.17) is 35.3 Å². The number of benzene rings is 3. The second kappa shape index (κ2) is 17.1. The van der Waals surface area contributed by atoms with Crippen molar-refractivity contribution >= 4 is 52.4 Å². The molecule has 0 saturated carbocycles. The topological polar surface area (TPSA) is 149 Å². The monoisotopic (exact) mass is 778 g/mol. The fraction of sp³-hybridized carbons (Fsp3) is 0.303. The van der Waals surface area contributed by atoms with Crippen LogP contribution < -0.4 is 35.0 Å². The average Bonchev–Trinajstić information content (AvgIpc) is 3.04. The molecule has 0 aliphatic carbocycles. The molecule has 47 heavy (non-hydrogen) atoms. The Hall–Kier alpha value is -4.21. The maximum Gasteiger partial charge on any atom is 0.337 e. The van der Waals surface area contributed by atoms with Crippen molar-refractivity contribution in [3.8, 4) is 23.0 Å². The van der Waals surface area contributed by atoms with Crippen LogP contribution in [0.15, 0.2) is 71.0 Å². The second-order valence-electron chi connectivity index (χ2n) is 10.1. The van der Waals surface area contributed by atoms with Gasteiger partial charge in [-0.2, -0.15) is 5.10 Å². The van der Waals surface area contributed by atoms with Crippen LogP contribution in [0.3, 0.4) is 0 Å². The summed E-state index contributed by atoms with van der Waals surface area (Å²) < 4.78 is 29.3. The van der Waals surface area contributed by atoms with Crippen molar-refractivity contribution < 1.29 is 38.4 Å². The van der Waals surface area contributed by atoms with Gasteiger partial charge in [0.05, 0.1) is 41.7 Å². The number of allylic oxidation sites excluding steroid dienone is 1. The third kappa shape index (κ3) is 9.65. The summed E-state index contributed by atoms with van der Waals surface area (Å²) in [5.74, 6) is 1.33. The van der Waals surface area contributed by atoms with Crippen LogP contribution in [0.2, 0.25) is 5.02 Å². The molecule has 250 valence electrons. The first kappa shape index (κ1) is 35.6. The molecule has 0 saturated heterocycles. The summed E-state index contributed by atoms with van der Waals surface area (Å²) in [6.07, 6.45) is 0.395. The van der Waals surface area contributed by atoms with Gasteiger partial charge in [0.25, 0.3) is 0 Å². The fourth-order valence-corrected chi connectivity index (χ4v) is 5.53. The van der Waals surface area contributed by atoms with Gasteiger partial charge < -0.3 is 39.4 Å². The average molecular weight is 779 g/mol. The predicted octanol–water partition coefficient (Wildman–Crippen LogP) is 5.44. The van der Waals surface area contributed by atoms with Crippen molar-refractivity contribution in [3.05, 3.63) is 91.2 Å². The van der Waals surface area contributed by atoms with Gasteiger partial charge >= 0.3 is 12.0 Å². The van der Waals surface area contributed by atoms with E-state index in [1.807, 2.05) is 44.2 Å². The Balaban J connectivity index is 1.40. The van der Waals surface area contributed by atoms with Crippen LogP contribution >= 0.6 is 34.2 Å². The van der Waals surface area contributed by atoms with Crippen molar-refractivity contribution in [2.45, 2.75) is 39.6 Å². The first-order chi connectivity index (χ1) is 22.6. The molecule has 0 bridgehead atoms. The quantitative estimate of drug-likeness (QED) is 0.0521. The number of carbonyl (C=O) groups is 2. The molecule has 0 spiro atoms. The van der Waals surface area contributed by atoms with Gasteiger partial charge in [0.1, 0.15) is 13.2 Å². The van der Waals surface area contributed by atoms with Gasteiger partial charge in [0.15, 0.2) is 29.2 Å². The molecule has 1 aliphatic heterocycles. The van der Waals surface area contributed by atoms with Crippen LogP contribution in [0.1, 0.15) is 43.5 Å². The Morgan fingerprint density at radius 2 is 1.77 bits per heavy atom. The maximum absolute atomic E-state index is 12.5. The van der Waals surface area contributed by atoms with E-state index in [0.29, 0.717) is 59.1 Å². The van der Waals surface area contributed by atoms with Crippen LogP contribution in [-0.4, -0.2) is 56.5 Å². The molecule has 1 heterocycles. The number of urea groups is 1. The van der Waals surface area contributed by atoms with Crippen LogP contribution in [-0.2, 0) is 16.1 Å². The number of halogens is 2. The summed E-state index contributed by atoms with van der Waals surface area (Å²) in [5, 5.41) is 20.7. The minimum Gasteiger partial charge on any atom is -0.490 e. The highest BCUT2D eigenvalue weighted by atomic mass is 127. The SMILES string of the molecule is CCOc1cc([C@H]2NC(=O)NC(C)=C2C(=O)OC)ccc1OC[C@H](O)N/N=C/c1cc(I)c(OCc2ccc(Cl)cc2)c(OCC)c1. The molecule has 0 aromatic heterocycles. The molecule has 4 rings (SSSR count). The highest BCUT2D eigenvalue weighted by Crippen LogP contribution is 2.36. The smallest absolute Gasteiger partial charge is 0.337 e. The van der Waals surface area contributed by atoms with Crippen molar-refractivity contribution in [2.24, 2.45) is 5.10 Å². The van der Waals surface area contributed by atoms with Crippen molar-refractivity contribution in [1.82, 2.24) is 16.1 Å². The number of ether oxygens (including phenoxy) is 5. The normalized spacial score (nSPS) is 15.0. The number of nitrogens with one attached hydrogen (secondary N) is 3. The number of rotatable bonds is 15. The molecule has 1 aliphatic rings. The summed E-state index contributed by atoms with van der Waals surface area (Å²) in [6.45, 7) is 6.30. The van der Waals surface area contributed by atoms with Crippen LogP contribution in [0.5, 0.6) is 23.0 Å². The summed E-state index contributed by atoms with van der Waals surface area (Å²) in [4.78, 5) is 24.7. The van der Waals surface area contributed by atoms with E-state index in [1.165, 1.54) is 7.11 Å². The lowest BCUT2D eigenvalue weighted by Gasteiger charge is -2.28. The first-order valence-corrected chi connectivity index (χ1v) is 16.1. The summed E-state index contributed by atoms with van der Waals surface area (Å²) in [7, 11) is 1.27. The number of nitrogens with zero attached hydrogens (tertiary/aromatic N) is 1. The molecule has 2 amide bonds. The number of hydrogen-bond donors (Lipinski definition) is 4. The van der Waals surface area contributed by atoms with E-state index in [9.17, 15) is 14.7 Å². The minimum atomic E-state index is -1.16. The van der Waals surface area contributed by atoms with Crippen molar-refractivity contribution in [2.75, 3.05) is 26.9 Å². The second-order valence-corrected chi connectivity index (χ2v) is 11.7. The van der Waals surface area contributed by atoms with Gasteiger partial charge in [0, 0.05) is 10.7 Å². The highest BCUT2D eigenvalue weighted by molar-refractivity contribution is 14.1. The Labute approximate surface area is 291 Å². The van der Waals surface area contributed by atoms with Crippen LogP contribution in [0.4, 0.5) is 4.79 Å². The standard InChI is InChI=1S/C33H36ClIN4O8/c1-5-44-26-15-22(30-29(32(41)43-4)19(3)37-33(42)38-30)9-12-25(26)46-18-28(40)39-36-16-21-13-24(35)31(27(14-21)45-6-2)47-17-20-7-10-23(34)11-8-20/h7-16,28,30,39-40H,5-6,17-18H2,1-4H3,(H2,37,38,42)/b36-16+/t28-,30+/m0/s1. The van der Waals surface area contributed by atoms with E-state index in [0.717, 1.165) is 14.7 Å². The number of esters is 1. The van der Waals surface area contributed by atoms with E-state index < -0.39 is 24.3 Å². The molecule has 14 heteroatoms. The van der Waals surface area contributed by atoms with Gasteiger partial charge in [-0.15, -0.1) is 0 Å². The Morgan fingerprint density at radius 3 is 2.47 bits per heavy atom. The Kier molecular flexibility index (Phi) is 13.0. The molecular formula is C33H36ClIN4O8. The zero-order valence-corrected chi connectivity index (χ0v) is 29.2. The molecule has 0 fully saturated rings. The summed E-state index contributed by atoms with van der Waals surface area (Å²) >= 11 is 8.16. The molecule has 4 N–H and O–H groups in total. The molecule has 0 radical (unpaired) electrons. The Bertz CT molecular complexity index is 1630. The summed E-state index contributed by atoms with van der Waals surface area (Å²) in [6, 6.07) is 14.9. The zero-order valence-electron chi connectivity index (χ0n) is 26.3. The van der Waals surface area contributed by atoms with Gasteiger partial charge in [-0.25, -0.2) is 9.59 Å². The Morgan fingerprint density at radius 1 is 1.04 bits per heavy atom. The van der Waals surface area contributed by atoms with E-state index >= 15 is 0 Å². The van der Waals surface area contributed by atoms with Crippen LogP contribution in [0.25, 0.3) is 0 Å². The molecule has 3 aromatic rings. The van der Waals surface area contributed by atoms with Crippen LogP contribution in [0, 0.1) is 3.57 Å². The lowest BCUT2D eigenvalue weighted by atomic mass is 9.95. The predicted molar refractivity (Wildman–Crippen MR) is 185 cm³/mol. The number of aliphatic hydroxyl groups is 1. The lowest BCUT2D eigenvalue weighted by Crippen LogP contribution is -2.45. The fourth-order valence-electron chi connectivity index (χ4n) is 4.62. The first-order valence-electron chi connectivity index (χ1n) is 14.7. The van der Waals surface area contributed by atoms with E-state index in [2.05, 4.69) is 43.8 Å². The third-order valence-corrected chi connectivity index (χ3v) is 7.79. The number of amides is 2. The number of hydrogen-bond acceptors (Lipinski definition) is 10. The largest absolute Gasteiger partial charge is 0.490 e. The van der Waals surface area contributed by atoms with Gasteiger partial charge in [-0.3, -0.25) is 5.43 Å². The molecule has 3 aromatic carbocycles. The van der Waals surface area contributed by atoms with Gasteiger partial charge in [-0.1, -0.05) is 29.8 Å². The number of carbonyl (C=O) groups excluding carboxylic acids is 2. The minimum absolute atomic E-state index is 0.160. The van der Waals surface area contributed by atoms with Crippen molar-refractivity contribution in [3.63, 3.8) is 0 Å². The molecule has 2 atom stereocenters. The molecule has 0 unspecified atom stereocenters.